The summed E-state index contributed by atoms with van der Waals surface area (Å²) in [6, 6.07) is 19.0. The van der Waals surface area contributed by atoms with Crippen LogP contribution in [-0.2, 0) is 11.3 Å². The molecule has 1 aromatic heterocycles. The molecule has 23 heavy (non-hydrogen) atoms. The fourth-order valence-corrected chi connectivity index (χ4v) is 3.37. The van der Waals surface area contributed by atoms with Gasteiger partial charge in [0.2, 0.25) is 0 Å². The van der Waals surface area contributed by atoms with Crippen molar-refractivity contribution < 1.29 is 4.74 Å². The van der Waals surface area contributed by atoms with Gasteiger partial charge < -0.3 is 10.1 Å². The van der Waals surface area contributed by atoms with E-state index in [1.54, 1.807) is 0 Å². The fraction of sp³-hybridized carbons (Fsp3) is 0.250. The van der Waals surface area contributed by atoms with E-state index in [1.807, 2.05) is 12.4 Å². The predicted octanol–water partition coefficient (Wildman–Crippen LogP) is 3.51. The van der Waals surface area contributed by atoms with Gasteiger partial charge in [-0.15, -0.1) is 0 Å². The Hall–Kier alpha value is -2.23. The molecule has 116 valence electrons. The molecule has 0 unspecified atom stereocenters. The monoisotopic (exact) mass is 304 g/mol. The van der Waals surface area contributed by atoms with Gasteiger partial charge in [0, 0.05) is 36.8 Å². The molecule has 0 amide bonds. The van der Waals surface area contributed by atoms with Crippen LogP contribution in [0.5, 0.6) is 0 Å². The molecule has 4 rings (SSSR count). The van der Waals surface area contributed by atoms with E-state index < -0.39 is 0 Å². The largest absolute Gasteiger partial charge is 0.372 e. The van der Waals surface area contributed by atoms with Crippen LogP contribution in [0.25, 0.3) is 10.8 Å². The van der Waals surface area contributed by atoms with Gasteiger partial charge in [0.25, 0.3) is 0 Å². The van der Waals surface area contributed by atoms with Crippen LogP contribution in [0.2, 0.25) is 0 Å². The maximum absolute atomic E-state index is 6.28. The SMILES string of the molecule is c1ccc([C@@H]2CNC[C@H]2OCc2cccc3cnccc23)cc1. The Kier molecular flexibility index (Phi) is 4.05. The maximum Gasteiger partial charge on any atom is 0.0784 e. The van der Waals surface area contributed by atoms with E-state index in [0.717, 1.165) is 18.5 Å². The second-order valence-corrected chi connectivity index (χ2v) is 6.04. The molecule has 1 aliphatic rings. The number of aromatic nitrogens is 1. The smallest absolute Gasteiger partial charge is 0.0784 e. The lowest BCUT2D eigenvalue weighted by molar-refractivity contribution is 0.0439. The molecule has 1 saturated heterocycles. The normalized spacial score (nSPS) is 20.9. The number of fused-ring (bicyclic) bond motifs is 1. The van der Waals surface area contributed by atoms with E-state index >= 15 is 0 Å². The molecule has 1 N–H and O–H groups in total. The van der Waals surface area contributed by atoms with E-state index in [-0.39, 0.29) is 6.10 Å². The Labute approximate surface area is 136 Å². The second kappa shape index (κ2) is 6.49. The van der Waals surface area contributed by atoms with Crippen LogP contribution in [0, 0.1) is 0 Å². The molecular formula is C20H20N2O. The molecule has 0 bridgehead atoms. The van der Waals surface area contributed by atoms with Crippen molar-refractivity contribution >= 4 is 10.8 Å². The third kappa shape index (κ3) is 2.98. The van der Waals surface area contributed by atoms with Crippen molar-refractivity contribution in [1.82, 2.24) is 10.3 Å². The zero-order valence-corrected chi connectivity index (χ0v) is 13.0. The number of nitrogens with one attached hydrogen (secondary N) is 1. The number of pyridine rings is 1. The molecule has 0 aliphatic carbocycles. The minimum absolute atomic E-state index is 0.217. The second-order valence-electron chi connectivity index (χ2n) is 6.04. The molecule has 1 aliphatic heterocycles. The standard InChI is InChI=1S/C20H20N2O/c1-2-5-15(6-3-1)19-12-22-13-20(19)23-14-17-8-4-7-16-11-21-10-9-18(16)17/h1-11,19-20,22H,12-14H2/t19-,20+/m0/s1. The summed E-state index contributed by atoms with van der Waals surface area (Å²) in [5.74, 6) is 0.424. The van der Waals surface area contributed by atoms with Gasteiger partial charge in [-0.25, -0.2) is 0 Å². The van der Waals surface area contributed by atoms with Crippen molar-refractivity contribution in [2.24, 2.45) is 0 Å². The van der Waals surface area contributed by atoms with Crippen molar-refractivity contribution in [3.63, 3.8) is 0 Å². The summed E-state index contributed by atoms with van der Waals surface area (Å²) in [6.07, 6.45) is 3.97. The van der Waals surface area contributed by atoms with Crippen molar-refractivity contribution in [2.45, 2.75) is 18.6 Å². The van der Waals surface area contributed by atoms with E-state index in [1.165, 1.54) is 16.5 Å². The van der Waals surface area contributed by atoms with E-state index in [4.69, 9.17) is 4.74 Å². The van der Waals surface area contributed by atoms with Crippen LogP contribution in [0.3, 0.4) is 0 Å². The van der Waals surface area contributed by atoms with Crippen LogP contribution >= 0.6 is 0 Å². The number of ether oxygens (including phenoxy) is 1. The van der Waals surface area contributed by atoms with Crippen LogP contribution in [-0.4, -0.2) is 24.2 Å². The lowest BCUT2D eigenvalue weighted by atomic mass is 9.96. The first kappa shape index (κ1) is 14.4. The molecule has 2 atom stereocenters. The summed E-state index contributed by atoms with van der Waals surface area (Å²) in [5.41, 5.74) is 2.58. The average Bonchev–Trinajstić information content (AvgIpc) is 3.09. The van der Waals surface area contributed by atoms with Gasteiger partial charge in [0.05, 0.1) is 12.7 Å². The van der Waals surface area contributed by atoms with E-state index in [0.29, 0.717) is 12.5 Å². The van der Waals surface area contributed by atoms with Crippen molar-refractivity contribution in [1.29, 1.82) is 0 Å². The summed E-state index contributed by atoms with van der Waals surface area (Å²) in [6.45, 7) is 2.52. The Morgan fingerprint density at radius 3 is 2.83 bits per heavy atom. The van der Waals surface area contributed by atoms with Gasteiger partial charge in [0.15, 0.2) is 0 Å². The van der Waals surface area contributed by atoms with Crippen LogP contribution in [0.4, 0.5) is 0 Å². The lowest BCUT2D eigenvalue weighted by Crippen LogP contribution is -2.21. The van der Waals surface area contributed by atoms with Gasteiger partial charge >= 0.3 is 0 Å². The number of benzene rings is 2. The molecule has 1 fully saturated rings. The highest BCUT2D eigenvalue weighted by atomic mass is 16.5. The fourth-order valence-electron chi connectivity index (χ4n) is 3.37. The van der Waals surface area contributed by atoms with E-state index in [9.17, 15) is 0 Å². The summed E-state index contributed by atoms with van der Waals surface area (Å²) in [5, 5.41) is 5.85. The third-order valence-electron chi connectivity index (χ3n) is 4.61. The number of rotatable bonds is 4. The quantitative estimate of drug-likeness (QED) is 0.801. The molecule has 0 spiro atoms. The Bertz CT molecular complexity index is 783. The zero-order valence-electron chi connectivity index (χ0n) is 13.0. The van der Waals surface area contributed by atoms with Crippen LogP contribution < -0.4 is 5.32 Å². The summed E-state index contributed by atoms with van der Waals surface area (Å²) >= 11 is 0. The van der Waals surface area contributed by atoms with E-state index in [2.05, 4.69) is 64.9 Å². The summed E-state index contributed by atoms with van der Waals surface area (Å²) in [7, 11) is 0. The molecule has 0 saturated carbocycles. The maximum atomic E-state index is 6.28. The Morgan fingerprint density at radius 1 is 1.00 bits per heavy atom. The first-order valence-corrected chi connectivity index (χ1v) is 8.11. The highest BCUT2D eigenvalue weighted by Gasteiger charge is 2.29. The topological polar surface area (TPSA) is 34.1 Å². The summed E-state index contributed by atoms with van der Waals surface area (Å²) in [4.78, 5) is 4.19. The Morgan fingerprint density at radius 2 is 1.91 bits per heavy atom. The molecule has 2 heterocycles. The van der Waals surface area contributed by atoms with Crippen molar-refractivity contribution in [2.75, 3.05) is 13.1 Å². The molecule has 0 radical (unpaired) electrons. The molecule has 3 heteroatoms. The number of hydrogen-bond donors (Lipinski definition) is 1. The highest BCUT2D eigenvalue weighted by Crippen LogP contribution is 2.27. The summed E-state index contributed by atoms with van der Waals surface area (Å²) < 4.78 is 6.28. The van der Waals surface area contributed by atoms with Gasteiger partial charge in [-0.05, 0) is 22.6 Å². The van der Waals surface area contributed by atoms with Gasteiger partial charge in [-0.1, -0.05) is 48.5 Å². The minimum atomic E-state index is 0.217. The first-order chi connectivity index (χ1) is 11.4. The zero-order chi connectivity index (χ0) is 15.5. The van der Waals surface area contributed by atoms with Gasteiger partial charge in [-0.3, -0.25) is 4.98 Å². The molecule has 3 aromatic rings. The number of hydrogen-bond acceptors (Lipinski definition) is 3. The molecule has 3 nitrogen and oxygen atoms in total. The minimum Gasteiger partial charge on any atom is -0.372 e. The van der Waals surface area contributed by atoms with Gasteiger partial charge in [-0.2, -0.15) is 0 Å². The highest BCUT2D eigenvalue weighted by molar-refractivity contribution is 5.84. The van der Waals surface area contributed by atoms with Crippen LogP contribution in [0.15, 0.2) is 67.0 Å². The van der Waals surface area contributed by atoms with Crippen molar-refractivity contribution in [3.8, 4) is 0 Å². The number of nitrogens with zero attached hydrogens (tertiary/aromatic N) is 1. The van der Waals surface area contributed by atoms with Gasteiger partial charge in [0.1, 0.15) is 0 Å². The lowest BCUT2D eigenvalue weighted by Gasteiger charge is -2.20. The van der Waals surface area contributed by atoms with Crippen LogP contribution in [0.1, 0.15) is 17.0 Å². The molecular weight excluding hydrogens is 284 g/mol. The first-order valence-electron chi connectivity index (χ1n) is 8.11. The Balaban J connectivity index is 1.52. The third-order valence-corrected chi connectivity index (χ3v) is 4.61. The predicted molar refractivity (Wildman–Crippen MR) is 92.4 cm³/mol. The van der Waals surface area contributed by atoms with Crippen molar-refractivity contribution in [3.05, 3.63) is 78.1 Å². The average molecular weight is 304 g/mol. The molecule has 2 aromatic carbocycles.